The van der Waals surface area contributed by atoms with Crippen molar-refractivity contribution in [3.8, 4) is 15.6 Å². The number of hydrogen-bond donors (Lipinski definition) is 1. The van der Waals surface area contributed by atoms with Crippen molar-refractivity contribution in [1.29, 1.82) is 0 Å². The van der Waals surface area contributed by atoms with Crippen molar-refractivity contribution in [2.45, 2.75) is 43.9 Å². The van der Waals surface area contributed by atoms with Gasteiger partial charge in [0.1, 0.15) is 6.10 Å². The average Bonchev–Trinajstić information content (AvgIpc) is 3.27. The van der Waals surface area contributed by atoms with Crippen molar-refractivity contribution in [3.05, 3.63) is 36.7 Å². The number of hydrogen-bond acceptors (Lipinski definition) is 4. The summed E-state index contributed by atoms with van der Waals surface area (Å²) in [7, 11) is 2.26. The molecule has 3 aromatic rings. The molecule has 2 aliphatic heterocycles. The zero-order valence-electron chi connectivity index (χ0n) is 15.0. The number of piperidine rings is 1. The number of aromatic nitrogens is 2. The number of thiazole rings is 1. The van der Waals surface area contributed by atoms with E-state index in [4.69, 9.17) is 4.74 Å². The van der Waals surface area contributed by atoms with Gasteiger partial charge in [-0.2, -0.15) is 0 Å². The monoisotopic (exact) mass is 447 g/mol. The van der Waals surface area contributed by atoms with Gasteiger partial charge in [0.25, 0.3) is 5.19 Å². The van der Waals surface area contributed by atoms with E-state index in [1.165, 1.54) is 23.8 Å². The van der Waals surface area contributed by atoms with Gasteiger partial charge < -0.3 is 14.6 Å². The minimum absolute atomic E-state index is 0. The van der Waals surface area contributed by atoms with Gasteiger partial charge in [-0.05, 0) is 55.8 Å². The van der Waals surface area contributed by atoms with Gasteiger partial charge in [0.15, 0.2) is 0 Å². The second kappa shape index (κ2) is 9.01. The summed E-state index contributed by atoms with van der Waals surface area (Å²) in [6.45, 7) is 0. The van der Waals surface area contributed by atoms with E-state index in [-0.39, 0.29) is 37.2 Å². The summed E-state index contributed by atoms with van der Waals surface area (Å²) in [5.74, 6) is 0. The van der Waals surface area contributed by atoms with Gasteiger partial charge >= 0.3 is 0 Å². The first-order chi connectivity index (χ1) is 11.8. The summed E-state index contributed by atoms with van der Waals surface area (Å²) in [6, 6.07) is 9.98. The number of benzene rings is 1. The van der Waals surface area contributed by atoms with E-state index in [0.717, 1.165) is 28.4 Å². The highest BCUT2D eigenvalue weighted by Gasteiger charge is 2.39. The second-order valence-corrected chi connectivity index (χ2v) is 8.03. The predicted octanol–water partition coefficient (Wildman–Crippen LogP) is 5.56. The average molecular weight is 449 g/mol. The van der Waals surface area contributed by atoms with Crippen LogP contribution in [0.2, 0.25) is 0 Å². The molecule has 2 saturated heterocycles. The van der Waals surface area contributed by atoms with Crippen LogP contribution in [-0.4, -0.2) is 40.1 Å². The van der Waals surface area contributed by atoms with Gasteiger partial charge in [-0.15, -0.1) is 37.2 Å². The molecule has 4 nitrogen and oxygen atoms in total. The molecule has 2 unspecified atom stereocenters. The molecule has 2 aromatic heterocycles. The van der Waals surface area contributed by atoms with E-state index in [0.29, 0.717) is 18.2 Å². The number of rotatable bonds is 3. The summed E-state index contributed by atoms with van der Waals surface area (Å²) in [6.07, 6.45) is 9.15. The fraction of sp³-hybridized carbons (Fsp3) is 0.421. The Balaban J connectivity index is 0.000000871. The first-order valence-corrected chi connectivity index (χ1v) is 9.50. The van der Waals surface area contributed by atoms with Crippen molar-refractivity contribution >= 4 is 59.5 Å². The molecule has 0 amide bonds. The molecule has 0 saturated carbocycles. The number of fused-ring (bicyclic) bond motifs is 3. The van der Waals surface area contributed by atoms with Crippen molar-refractivity contribution < 1.29 is 4.74 Å². The Morgan fingerprint density at radius 1 is 1.11 bits per heavy atom. The van der Waals surface area contributed by atoms with Gasteiger partial charge in [-0.25, -0.2) is 4.98 Å². The third-order valence-electron chi connectivity index (χ3n) is 5.65. The molecule has 0 aliphatic carbocycles. The third-order valence-corrected chi connectivity index (χ3v) is 6.58. The highest BCUT2D eigenvalue weighted by atomic mass is 35.5. The lowest BCUT2D eigenvalue weighted by molar-refractivity contribution is 0.0660. The molecule has 1 N–H and O–H groups in total. The largest absolute Gasteiger partial charge is 0.467 e. The van der Waals surface area contributed by atoms with E-state index in [9.17, 15) is 0 Å². The quantitative estimate of drug-likeness (QED) is 0.570. The van der Waals surface area contributed by atoms with Crippen molar-refractivity contribution in [2.24, 2.45) is 0 Å². The van der Waals surface area contributed by atoms with E-state index < -0.39 is 0 Å². The predicted molar refractivity (Wildman–Crippen MR) is 119 cm³/mol. The van der Waals surface area contributed by atoms with E-state index in [1.54, 1.807) is 11.3 Å². The number of aromatic amines is 1. The second-order valence-electron chi connectivity index (χ2n) is 7.03. The molecule has 0 spiro atoms. The Bertz CT molecular complexity index is 870. The summed E-state index contributed by atoms with van der Waals surface area (Å²) in [5.41, 5.74) is 2.36. The van der Waals surface area contributed by atoms with Crippen LogP contribution in [0.5, 0.6) is 5.19 Å². The highest BCUT2D eigenvalue weighted by Crippen LogP contribution is 2.38. The molecule has 1 aromatic carbocycles. The summed E-state index contributed by atoms with van der Waals surface area (Å²) >= 11 is 1.65. The van der Waals surface area contributed by atoms with Crippen molar-refractivity contribution in [1.82, 2.24) is 14.9 Å². The highest BCUT2D eigenvalue weighted by molar-refractivity contribution is 7.16. The van der Waals surface area contributed by atoms with Crippen LogP contribution in [0.25, 0.3) is 21.3 Å². The first kappa shape index (κ1) is 22.3. The molecule has 2 bridgehead atoms. The maximum atomic E-state index is 6.23. The smallest absolute Gasteiger partial charge is 0.273 e. The molecule has 4 heterocycles. The Hall–Kier alpha value is -0.980. The van der Waals surface area contributed by atoms with Crippen LogP contribution < -0.4 is 4.74 Å². The van der Waals surface area contributed by atoms with Gasteiger partial charge in [-0.3, -0.25) is 0 Å². The number of H-pyrrole nitrogens is 1. The topological polar surface area (TPSA) is 41.1 Å². The Kier molecular flexibility index (Phi) is 7.45. The van der Waals surface area contributed by atoms with E-state index in [1.807, 2.05) is 12.4 Å². The van der Waals surface area contributed by atoms with E-state index >= 15 is 0 Å². The molecular weight excluding hydrogens is 425 g/mol. The maximum absolute atomic E-state index is 6.23. The number of ether oxygens (including phenoxy) is 1. The van der Waals surface area contributed by atoms with Gasteiger partial charge in [0.05, 0.1) is 4.88 Å². The Morgan fingerprint density at radius 3 is 2.59 bits per heavy atom. The molecule has 5 rings (SSSR count). The Labute approximate surface area is 181 Å². The van der Waals surface area contributed by atoms with Crippen LogP contribution in [0.15, 0.2) is 36.7 Å². The van der Waals surface area contributed by atoms with Crippen LogP contribution in [-0.2, 0) is 0 Å². The fourth-order valence-corrected chi connectivity index (χ4v) is 5.08. The Morgan fingerprint density at radius 2 is 1.85 bits per heavy atom. The van der Waals surface area contributed by atoms with Gasteiger partial charge in [-0.1, -0.05) is 23.5 Å². The summed E-state index contributed by atoms with van der Waals surface area (Å²) in [5, 5.41) is 2.05. The molecule has 2 aliphatic rings. The molecule has 2 atom stereocenters. The summed E-state index contributed by atoms with van der Waals surface area (Å²) in [4.78, 5) is 11.5. The lowest BCUT2D eigenvalue weighted by Gasteiger charge is -2.35. The lowest BCUT2D eigenvalue weighted by Crippen LogP contribution is -2.43. The van der Waals surface area contributed by atoms with Crippen LogP contribution in [0.4, 0.5) is 0 Å². The zero-order chi connectivity index (χ0) is 16.1. The van der Waals surface area contributed by atoms with Gasteiger partial charge in [0, 0.05) is 30.0 Å². The number of nitrogens with one attached hydrogen (secondary N) is 1. The van der Waals surface area contributed by atoms with Crippen LogP contribution in [0.3, 0.4) is 0 Å². The fourth-order valence-electron chi connectivity index (χ4n) is 4.25. The summed E-state index contributed by atoms with van der Waals surface area (Å²) < 4.78 is 6.23. The molecular formula is C19H24Cl3N3OS. The molecule has 148 valence electrons. The number of halogens is 3. The molecule has 27 heavy (non-hydrogen) atoms. The lowest BCUT2D eigenvalue weighted by atomic mass is 10.0. The maximum Gasteiger partial charge on any atom is 0.273 e. The number of nitrogens with zero attached hydrogens (tertiary/aromatic N) is 2. The van der Waals surface area contributed by atoms with Crippen molar-refractivity contribution in [3.63, 3.8) is 0 Å². The van der Waals surface area contributed by atoms with Crippen LogP contribution in [0.1, 0.15) is 25.7 Å². The zero-order valence-corrected chi connectivity index (χ0v) is 18.2. The molecule has 2 fully saturated rings. The first-order valence-electron chi connectivity index (χ1n) is 8.68. The third kappa shape index (κ3) is 4.22. The molecule has 0 radical (unpaired) electrons. The molecule has 8 heteroatoms. The van der Waals surface area contributed by atoms with E-state index in [2.05, 4.69) is 46.2 Å². The van der Waals surface area contributed by atoms with Crippen LogP contribution in [0, 0.1) is 0 Å². The minimum Gasteiger partial charge on any atom is -0.467 e. The van der Waals surface area contributed by atoms with Crippen molar-refractivity contribution in [2.75, 3.05) is 7.05 Å². The minimum atomic E-state index is 0. The normalized spacial score (nSPS) is 24.0. The van der Waals surface area contributed by atoms with Crippen LogP contribution >= 0.6 is 48.6 Å². The SMILES string of the molecule is CN1C2CCC1CC(Oc1ncc(-c3ccc4cc[nH]c4c3)s1)C2.Cl.Cl.Cl. The standard InChI is InChI=1S/C19H21N3OS.3ClH/c1-22-14-4-5-15(22)10-16(9-14)23-19-21-11-18(24-19)13-3-2-12-6-7-20-17(12)8-13;;;/h2-3,6-8,11,14-16,20H,4-5,9-10H2,1H3;3*1H. The van der Waals surface area contributed by atoms with Gasteiger partial charge in [0.2, 0.25) is 0 Å².